The first-order valence-electron chi connectivity index (χ1n) is 5.38. The molecule has 0 saturated heterocycles. The van der Waals surface area contributed by atoms with Gasteiger partial charge >= 0.3 is 0 Å². The fourth-order valence-electron chi connectivity index (χ4n) is 1.48. The number of benzene rings is 1. The van der Waals surface area contributed by atoms with Gasteiger partial charge in [-0.3, -0.25) is 0 Å². The van der Waals surface area contributed by atoms with E-state index >= 15 is 0 Å². The van der Waals surface area contributed by atoms with E-state index in [4.69, 9.17) is 5.73 Å². The molecule has 0 aromatic heterocycles. The topological polar surface area (TPSA) is 38.0 Å². The van der Waals surface area contributed by atoms with Crippen molar-refractivity contribution in [3.05, 3.63) is 33.8 Å². The Morgan fingerprint density at radius 1 is 1.47 bits per heavy atom. The molecule has 2 nitrogen and oxygen atoms in total. The summed E-state index contributed by atoms with van der Waals surface area (Å²) in [5.41, 5.74) is 8.26. The van der Waals surface area contributed by atoms with Crippen molar-refractivity contribution in [2.24, 2.45) is 5.73 Å². The van der Waals surface area contributed by atoms with E-state index in [1.165, 1.54) is 11.1 Å². The van der Waals surface area contributed by atoms with E-state index in [0.717, 1.165) is 17.4 Å². The average molecular weight is 271 g/mol. The number of hydrogen-bond donors (Lipinski definition) is 2. The summed E-state index contributed by atoms with van der Waals surface area (Å²) in [6.45, 7) is 5.89. The monoisotopic (exact) mass is 270 g/mol. The molecule has 0 radical (unpaired) electrons. The summed E-state index contributed by atoms with van der Waals surface area (Å²) in [4.78, 5) is 0. The zero-order valence-corrected chi connectivity index (χ0v) is 11.0. The molecule has 0 aliphatic heterocycles. The smallest absolute Gasteiger partial charge is 0.0444 e. The van der Waals surface area contributed by atoms with E-state index in [-0.39, 0.29) is 6.04 Å². The summed E-state index contributed by atoms with van der Waals surface area (Å²) < 4.78 is 1.15. The number of rotatable bonds is 5. The van der Waals surface area contributed by atoms with Crippen molar-refractivity contribution in [1.82, 2.24) is 5.32 Å². The Morgan fingerprint density at radius 2 is 2.20 bits per heavy atom. The quantitative estimate of drug-likeness (QED) is 0.864. The van der Waals surface area contributed by atoms with Crippen LogP contribution in [-0.2, 0) is 0 Å². The largest absolute Gasteiger partial charge is 0.329 e. The number of halogens is 1. The summed E-state index contributed by atoms with van der Waals surface area (Å²) in [5, 5.41) is 3.44. The van der Waals surface area contributed by atoms with Gasteiger partial charge in [0.05, 0.1) is 0 Å². The van der Waals surface area contributed by atoms with Crippen molar-refractivity contribution in [2.45, 2.75) is 26.3 Å². The van der Waals surface area contributed by atoms with Gasteiger partial charge in [-0.2, -0.15) is 0 Å². The van der Waals surface area contributed by atoms with E-state index < -0.39 is 0 Å². The second-order valence-electron chi connectivity index (χ2n) is 3.75. The van der Waals surface area contributed by atoms with Gasteiger partial charge in [0.1, 0.15) is 0 Å². The van der Waals surface area contributed by atoms with Gasteiger partial charge < -0.3 is 11.1 Å². The molecular formula is C12H19BrN2. The van der Waals surface area contributed by atoms with E-state index in [1.54, 1.807) is 0 Å². The predicted molar refractivity (Wildman–Crippen MR) is 69.0 cm³/mol. The van der Waals surface area contributed by atoms with Gasteiger partial charge in [0.15, 0.2) is 0 Å². The van der Waals surface area contributed by atoms with Gasteiger partial charge in [-0.15, -0.1) is 0 Å². The van der Waals surface area contributed by atoms with Crippen LogP contribution in [0.3, 0.4) is 0 Å². The Kier molecular flexibility index (Phi) is 5.29. The van der Waals surface area contributed by atoms with Gasteiger partial charge in [0.2, 0.25) is 0 Å². The molecule has 3 N–H and O–H groups in total. The molecule has 0 saturated carbocycles. The highest BCUT2D eigenvalue weighted by Crippen LogP contribution is 2.21. The third kappa shape index (κ3) is 3.59. The zero-order chi connectivity index (χ0) is 11.3. The molecule has 1 aromatic rings. The Hall–Kier alpha value is -0.380. The van der Waals surface area contributed by atoms with Crippen molar-refractivity contribution in [3.63, 3.8) is 0 Å². The maximum Gasteiger partial charge on any atom is 0.0444 e. The van der Waals surface area contributed by atoms with Crippen molar-refractivity contribution < 1.29 is 0 Å². The lowest BCUT2D eigenvalue weighted by Gasteiger charge is -2.17. The van der Waals surface area contributed by atoms with Gasteiger partial charge in [-0.1, -0.05) is 35.0 Å². The molecule has 1 atom stereocenters. The van der Waals surface area contributed by atoms with Gasteiger partial charge in [0.25, 0.3) is 0 Å². The molecule has 1 rings (SSSR count). The van der Waals surface area contributed by atoms with Crippen LogP contribution in [0, 0.1) is 6.92 Å². The van der Waals surface area contributed by atoms with E-state index in [2.05, 4.69) is 53.3 Å². The van der Waals surface area contributed by atoms with E-state index in [1.807, 2.05) is 0 Å². The summed E-state index contributed by atoms with van der Waals surface area (Å²) in [6.07, 6.45) is 1.13. The minimum atomic E-state index is 0.266. The molecule has 3 heteroatoms. The van der Waals surface area contributed by atoms with Gasteiger partial charge in [-0.05, 0) is 37.1 Å². The molecule has 0 aliphatic rings. The second kappa shape index (κ2) is 6.26. The Balaban J connectivity index is 2.78. The SMILES string of the molecule is CCCNC(CN)c1ccc(C)c(Br)c1. The molecule has 0 amide bonds. The second-order valence-corrected chi connectivity index (χ2v) is 4.61. The van der Waals surface area contributed by atoms with E-state index in [0.29, 0.717) is 6.54 Å². The number of hydrogen-bond acceptors (Lipinski definition) is 2. The summed E-state index contributed by atoms with van der Waals surface area (Å²) in [7, 11) is 0. The lowest BCUT2D eigenvalue weighted by Crippen LogP contribution is -2.28. The van der Waals surface area contributed by atoms with Crippen molar-refractivity contribution in [3.8, 4) is 0 Å². The molecule has 0 bridgehead atoms. The van der Waals surface area contributed by atoms with Crippen molar-refractivity contribution in [2.75, 3.05) is 13.1 Å². The predicted octanol–water partition coefficient (Wildman–Crippen LogP) is 2.76. The highest BCUT2D eigenvalue weighted by molar-refractivity contribution is 9.10. The molecule has 1 aromatic carbocycles. The standard InChI is InChI=1S/C12H19BrN2/c1-3-6-15-12(8-14)10-5-4-9(2)11(13)7-10/h4-5,7,12,15H,3,6,8,14H2,1-2H3. The van der Waals surface area contributed by atoms with Crippen LogP contribution in [0.4, 0.5) is 0 Å². The summed E-state index contributed by atoms with van der Waals surface area (Å²) in [5.74, 6) is 0. The molecule has 0 aliphatic carbocycles. The highest BCUT2D eigenvalue weighted by Gasteiger charge is 2.08. The lowest BCUT2D eigenvalue weighted by molar-refractivity contribution is 0.540. The van der Waals surface area contributed by atoms with E-state index in [9.17, 15) is 0 Å². The normalized spacial score (nSPS) is 12.8. The van der Waals surface area contributed by atoms with Crippen LogP contribution in [0.1, 0.15) is 30.5 Å². The zero-order valence-electron chi connectivity index (χ0n) is 9.39. The van der Waals surface area contributed by atoms with Gasteiger partial charge in [-0.25, -0.2) is 0 Å². The summed E-state index contributed by atoms with van der Waals surface area (Å²) >= 11 is 3.54. The number of nitrogens with two attached hydrogens (primary N) is 1. The summed E-state index contributed by atoms with van der Waals surface area (Å²) in [6, 6.07) is 6.67. The third-order valence-electron chi connectivity index (χ3n) is 2.47. The van der Waals surface area contributed by atoms with Crippen LogP contribution in [0.15, 0.2) is 22.7 Å². The first kappa shape index (κ1) is 12.7. The molecule has 0 spiro atoms. The molecular weight excluding hydrogens is 252 g/mol. The Labute approximate surface area is 100 Å². The van der Waals surface area contributed by atoms with Crippen LogP contribution in [-0.4, -0.2) is 13.1 Å². The maximum absolute atomic E-state index is 5.76. The van der Waals surface area contributed by atoms with Crippen molar-refractivity contribution in [1.29, 1.82) is 0 Å². The van der Waals surface area contributed by atoms with Crippen LogP contribution in [0.2, 0.25) is 0 Å². The fraction of sp³-hybridized carbons (Fsp3) is 0.500. The molecule has 1 unspecified atom stereocenters. The number of aryl methyl sites for hydroxylation is 1. The van der Waals surface area contributed by atoms with Crippen LogP contribution >= 0.6 is 15.9 Å². The Morgan fingerprint density at radius 3 is 2.73 bits per heavy atom. The lowest BCUT2D eigenvalue weighted by atomic mass is 10.1. The average Bonchev–Trinajstić information content (AvgIpc) is 2.24. The van der Waals surface area contributed by atoms with Crippen LogP contribution < -0.4 is 11.1 Å². The van der Waals surface area contributed by atoms with Gasteiger partial charge in [0, 0.05) is 17.1 Å². The molecule has 84 valence electrons. The number of nitrogens with one attached hydrogen (secondary N) is 1. The highest BCUT2D eigenvalue weighted by atomic mass is 79.9. The fourth-order valence-corrected chi connectivity index (χ4v) is 1.88. The maximum atomic E-state index is 5.76. The van der Waals surface area contributed by atoms with Crippen molar-refractivity contribution >= 4 is 15.9 Å². The minimum absolute atomic E-state index is 0.266. The minimum Gasteiger partial charge on any atom is -0.329 e. The van der Waals surface area contributed by atoms with Crippen LogP contribution in [0.5, 0.6) is 0 Å². The van der Waals surface area contributed by atoms with Crippen LogP contribution in [0.25, 0.3) is 0 Å². The molecule has 15 heavy (non-hydrogen) atoms. The molecule has 0 heterocycles. The Bertz CT molecular complexity index is 312. The molecule has 0 fully saturated rings. The first-order chi connectivity index (χ1) is 7.19. The third-order valence-corrected chi connectivity index (χ3v) is 3.33. The first-order valence-corrected chi connectivity index (χ1v) is 6.17.